The number of benzene rings is 2. The van der Waals surface area contributed by atoms with Crippen molar-refractivity contribution in [2.24, 2.45) is 5.73 Å². The molecule has 3 aromatic rings. The molecule has 13 heteroatoms. The normalized spacial score (nSPS) is 13.9. The number of amides is 3. The van der Waals surface area contributed by atoms with E-state index in [2.05, 4.69) is 20.9 Å². The van der Waals surface area contributed by atoms with Crippen LogP contribution in [0.15, 0.2) is 60.8 Å². The van der Waals surface area contributed by atoms with Crippen LogP contribution in [-0.4, -0.2) is 81.0 Å². The van der Waals surface area contributed by atoms with Gasteiger partial charge in [-0.05, 0) is 35.6 Å². The van der Waals surface area contributed by atoms with Gasteiger partial charge in [0, 0.05) is 29.9 Å². The number of aromatic nitrogens is 1. The molecule has 0 fully saturated rings. The number of hydrogen-bond acceptors (Lipinski definition) is 7. The quantitative estimate of drug-likeness (QED) is 0.126. The second-order valence-corrected chi connectivity index (χ2v) is 10.7. The molecule has 4 atom stereocenters. The van der Waals surface area contributed by atoms with Crippen molar-refractivity contribution in [3.05, 3.63) is 71.9 Å². The van der Waals surface area contributed by atoms with Gasteiger partial charge in [0.25, 0.3) is 0 Å². The average Bonchev–Trinajstić information content (AvgIpc) is 3.37. The van der Waals surface area contributed by atoms with Gasteiger partial charge in [-0.25, -0.2) is 4.79 Å². The summed E-state index contributed by atoms with van der Waals surface area (Å²) in [7, 11) is 0. The summed E-state index contributed by atoms with van der Waals surface area (Å²) in [5, 5.41) is 27.2. The summed E-state index contributed by atoms with van der Waals surface area (Å²) in [5.74, 6) is -4.22. The second-order valence-electron chi connectivity index (χ2n) is 9.76. The van der Waals surface area contributed by atoms with Gasteiger partial charge in [-0.1, -0.05) is 48.5 Å². The first kappa shape index (κ1) is 32.2. The molecule has 224 valence electrons. The Morgan fingerprint density at radius 3 is 2.07 bits per heavy atom. The predicted octanol–water partition coefficient (Wildman–Crippen LogP) is 1.05. The Morgan fingerprint density at radius 1 is 0.833 bits per heavy atom. The van der Waals surface area contributed by atoms with Gasteiger partial charge in [-0.15, -0.1) is 0 Å². The third kappa shape index (κ3) is 9.35. The molecule has 0 saturated heterocycles. The number of nitrogens with one attached hydrogen (secondary N) is 4. The van der Waals surface area contributed by atoms with E-state index in [4.69, 9.17) is 10.8 Å². The van der Waals surface area contributed by atoms with E-state index in [0.29, 0.717) is 11.3 Å². The summed E-state index contributed by atoms with van der Waals surface area (Å²) in [6.07, 6.45) is 3.13. The fraction of sp³-hybridized carbons (Fsp3) is 0.345. The largest absolute Gasteiger partial charge is 0.481 e. The molecule has 0 aliphatic carbocycles. The molecule has 0 aliphatic rings. The van der Waals surface area contributed by atoms with E-state index >= 15 is 0 Å². The lowest BCUT2D eigenvalue weighted by atomic mass is 10.0. The average molecular weight is 598 g/mol. The molecular weight excluding hydrogens is 562 g/mol. The van der Waals surface area contributed by atoms with Crippen molar-refractivity contribution in [1.29, 1.82) is 0 Å². The molecule has 12 nitrogen and oxygen atoms in total. The molecule has 42 heavy (non-hydrogen) atoms. The minimum atomic E-state index is -1.41. The van der Waals surface area contributed by atoms with Crippen molar-refractivity contribution in [1.82, 2.24) is 20.9 Å². The number of H-pyrrole nitrogens is 1. The Labute approximate surface area is 246 Å². The van der Waals surface area contributed by atoms with E-state index < -0.39 is 60.2 Å². The molecule has 4 unspecified atom stereocenters. The van der Waals surface area contributed by atoms with Gasteiger partial charge in [-0.2, -0.15) is 11.8 Å². The molecule has 1 heterocycles. The van der Waals surface area contributed by atoms with Gasteiger partial charge in [0.1, 0.15) is 18.1 Å². The van der Waals surface area contributed by atoms with Crippen molar-refractivity contribution in [2.45, 2.75) is 49.9 Å². The van der Waals surface area contributed by atoms with Crippen molar-refractivity contribution < 1.29 is 34.2 Å². The number of rotatable bonds is 16. The highest BCUT2D eigenvalue weighted by Crippen LogP contribution is 2.19. The van der Waals surface area contributed by atoms with Crippen LogP contribution in [0, 0.1) is 0 Å². The number of aromatic amines is 1. The molecular formula is C29H35N5O7S. The number of para-hydroxylation sites is 1. The molecule has 0 aliphatic heterocycles. The van der Waals surface area contributed by atoms with Crippen molar-refractivity contribution in [2.75, 3.05) is 12.0 Å². The van der Waals surface area contributed by atoms with Crippen LogP contribution in [0.25, 0.3) is 10.9 Å². The molecule has 1 aromatic heterocycles. The maximum Gasteiger partial charge on any atom is 0.326 e. The number of thioether (sulfide) groups is 1. The molecule has 0 bridgehead atoms. The van der Waals surface area contributed by atoms with Gasteiger partial charge >= 0.3 is 11.9 Å². The Hall–Kier alpha value is -4.36. The Kier molecular flexibility index (Phi) is 11.9. The number of fused-ring (bicyclic) bond motifs is 1. The van der Waals surface area contributed by atoms with Crippen LogP contribution in [0.5, 0.6) is 0 Å². The standard InChI is InChI=1S/C29H35N5O7S/c1-42-12-11-22(29(40)41)32-27(38)23(13-17-7-3-2-4-8-17)34-28(39)24(33-26(37)20(30)15-25(35)36)14-18-16-31-21-10-6-5-9-19(18)21/h2-10,16,20,22-24,31H,11-15,30H2,1H3,(H,32,38)(H,33,37)(H,34,39)(H,35,36)(H,40,41). The van der Waals surface area contributed by atoms with E-state index in [0.717, 1.165) is 16.5 Å². The maximum absolute atomic E-state index is 13.7. The summed E-state index contributed by atoms with van der Waals surface area (Å²) in [5.41, 5.74) is 7.98. The first-order chi connectivity index (χ1) is 20.1. The zero-order valence-electron chi connectivity index (χ0n) is 23.0. The number of carbonyl (C=O) groups excluding carboxylic acids is 3. The second kappa shape index (κ2) is 15.6. The third-order valence-electron chi connectivity index (χ3n) is 6.60. The van der Waals surface area contributed by atoms with Crippen molar-refractivity contribution in [3.8, 4) is 0 Å². The number of carboxylic acid groups (broad SMARTS) is 2. The molecule has 8 N–H and O–H groups in total. The minimum absolute atomic E-state index is 0.00648. The minimum Gasteiger partial charge on any atom is -0.481 e. The molecule has 2 aromatic carbocycles. The number of carboxylic acids is 2. The first-order valence-corrected chi connectivity index (χ1v) is 14.7. The number of carbonyl (C=O) groups is 5. The predicted molar refractivity (Wildman–Crippen MR) is 159 cm³/mol. The smallest absolute Gasteiger partial charge is 0.326 e. The Balaban J connectivity index is 1.88. The van der Waals surface area contributed by atoms with E-state index in [1.165, 1.54) is 11.8 Å². The topological polar surface area (TPSA) is 204 Å². The van der Waals surface area contributed by atoms with Gasteiger partial charge in [0.2, 0.25) is 17.7 Å². The zero-order chi connectivity index (χ0) is 30.6. The van der Waals surface area contributed by atoms with E-state index in [1.807, 2.05) is 30.5 Å². The van der Waals surface area contributed by atoms with Crippen LogP contribution >= 0.6 is 11.8 Å². The lowest BCUT2D eigenvalue weighted by Crippen LogP contribution is -2.58. The Bertz CT molecular complexity index is 1400. The highest BCUT2D eigenvalue weighted by molar-refractivity contribution is 7.98. The lowest BCUT2D eigenvalue weighted by molar-refractivity contribution is -0.142. The van der Waals surface area contributed by atoms with Crippen molar-refractivity contribution in [3.63, 3.8) is 0 Å². The number of aliphatic carboxylic acids is 2. The summed E-state index contributed by atoms with van der Waals surface area (Å²) >= 11 is 1.44. The fourth-order valence-electron chi connectivity index (χ4n) is 4.39. The van der Waals surface area contributed by atoms with Crippen LogP contribution in [0.2, 0.25) is 0 Å². The molecule has 0 radical (unpaired) electrons. The maximum atomic E-state index is 13.7. The van der Waals surface area contributed by atoms with E-state index in [1.54, 1.807) is 36.5 Å². The summed E-state index contributed by atoms with van der Waals surface area (Å²) < 4.78 is 0. The van der Waals surface area contributed by atoms with Gasteiger partial charge < -0.3 is 36.9 Å². The highest BCUT2D eigenvalue weighted by atomic mass is 32.2. The third-order valence-corrected chi connectivity index (χ3v) is 7.25. The van der Waals surface area contributed by atoms with Gasteiger partial charge in [-0.3, -0.25) is 19.2 Å². The van der Waals surface area contributed by atoms with E-state index in [9.17, 15) is 29.1 Å². The van der Waals surface area contributed by atoms with Crippen LogP contribution < -0.4 is 21.7 Å². The monoisotopic (exact) mass is 597 g/mol. The first-order valence-electron chi connectivity index (χ1n) is 13.3. The van der Waals surface area contributed by atoms with E-state index in [-0.39, 0.29) is 19.3 Å². The van der Waals surface area contributed by atoms with Crippen LogP contribution in [0.3, 0.4) is 0 Å². The van der Waals surface area contributed by atoms with Gasteiger partial charge in [0.05, 0.1) is 12.5 Å². The SMILES string of the molecule is CSCCC(NC(=O)C(Cc1ccccc1)NC(=O)C(Cc1c[nH]c2ccccc12)NC(=O)C(N)CC(=O)O)C(=O)O. The Morgan fingerprint density at radius 2 is 1.43 bits per heavy atom. The zero-order valence-corrected chi connectivity index (χ0v) is 23.9. The molecule has 0 spiro atoms. The molecule has 3 amide bonds. The fourth-order valence-corrected chi connectivity index (χ4v) is 4.86. The van der Waals surface area contributed by atoms with Crippen LogP contribution in [0.4, 0.5) is 0 Å². The van der Waals surface area contributed by atoms with Crippen LogP contribution in [-0.2, 0) is 36.8 Å². The van der Waals surface area contributed by atoms with Crippen LogP contribution in [0.1, 0.15) is 24.0 Å². The molecule has 3 rings (SSSR count). The summed E-state index contributed by atoms with van der Waals surface area (Å²) in [6.45, 7) is 0. The summed E-state index contributed by atoms with van der Waals surface area (Å²) in [6, 6.07) is 11.3. The van der Waals surface area contributed by atoms with Crippen molar-refractivity contribution >= 4 is 52.3 Å². The number of hydrogen-bond donors (Lipinski definition) is 7. The molecule has 0 saturated carbocycles. The van der Waals surface area contributed by atoms with Gasteiger partial charge in [0.15, 0.2) is 0 Å². The highest BCUT2D eigenvalue weighted by Gasteiger charge is 2.31. The lowest BCUT2D eigenvalue weighted by Gasteiger charge is -2.25. The summed E-state index contributed by atoms with van der Waals surface area (Å²) in [4.78, 5) is 65.8. The number of nitrogens with two attached hydrogens (primary N) is 1.